The van der Waals surface area contributed by atoms with Crippen molar-refractivity contribution in [3.05, 3.63) is 64.3 Å². The summed E-state index contributed by atoms with van der Waals surface area (Å²) in [6.07, 6.45) is 1.87. The summed E-state index contributed by atoms with van der Waals surface area (Å²) in [5, 5.41) is 8.50. The molecule has 0 unspecified atom stereocenters. The number of nitrogens with one attached hydrogen (secondary N) is 1. The van der Waals surface area contributed by atoms with Gasteiger partial charge in [-0.05, 0) is 60.6 Å². The Morgan fingerprint density at radius 3 is 2.56 bits per heavy atom. The van der Waals surface area contributed by atoms with Gasteiger partial charge in [-0.15, -0.1) is 0 Å². The van der Waals surface area contributed by atoms with E-state index in [9.17, 15) is 22.8 Å². The minimum atomic E-state index is -4.31. The predicted molar refractivity (Wildman–Crippen MR) is 126 cm³/mol. The lowest BCUT2D eigenvalue weighted by molar-refractivity contribution is -0.0327. The molecule has 2 amide bonds. The Balaban J connectivity index is 1.34. The molecule has 1 N–H and O–H groups in total. The SMILES string of the molecule is Cc1c(C(=O)NCCSC(F)(F)F)ccc2nn(CC3CN(C(=O)c4ccc(Cl)cc4)C3)cc12. The summed E-state index contributed by atoms with van der Waals surface area (Å²) in [6, 6.07) is 10.2. The van der Waals surface area contributed by atoms with Crippen LogP contribution in [0.5, 0.6) is 0 Å². The molecule has 6 nitrogen and oxygen atoms in total. The van der Waals surface area contributed by atoms with E-state index in [1.54, 1.807) is 48.2 Å². The number of aromatic nitrogens is 2. The number of carbonyl (C=O) groups excluding carboxylic acids is 2. The van der Waals surface area contributed by atoms with E-state index in [4.69, 9.17) is 11.6 Å². The number of carbonyl (C=O) groups is 2. The third kappa shape index (κ3) is 5.67. The smallest absolute Gasteiger partial charge is 0.351 e. The van der Waals surface area contributed by atoms with Gasteiger partial charge in [-0.25, -0.2) is 0 Å². The van der Waals surface area contributed by atoms with E-state index < -0.39 is 11.4 Å². The molecule has 0 spiro atoms. The predicted octanol–water partition coefficient (Wildman–Crippen LogP) is 4.75. The monoisotopic (exact) mass is 510 g/mol. The highest BCUT2D eigenvalue weighted by Crippen LogP contribution is 2.29. The number of nitrogens with zero attached hydrogens (tertiary/aromatic N) is 3. The highest BCUT2D eigenvalue weighted by Gasteiger charge is 2.32. The lowest BCUT2D eigenvalue weighted by atomic mass is 9.99. The van der Waals surface area contributed by atoms with Crippen molar-refractivity contribution in [2.75, 3.05) is 25.4 Å². The molecule has 0 aliphatic carbocycles. The molecule has 3 aromatic rings. The van der Waals surface area contributed by atoms with Crippen LogP contribution in [0.4, 0.5) is 13.2 Å². The van der Waals surface area contributed by atoms with Crippen LogP contribution in [0.25, 0.3) is 10.9 Å². The Hall–Kier alpha value is -2.72. The summed E-state index contributed by atoms with van der Waals surface area (Å²) in [5.41, 5.74) is -1.85. The minimum Gasteiger partial charge on any atom is -0.351 e. The molecule has 34 heavy (non-hydrogen) atoms. The van der Waals surface area contributed by atoms with Crippen LogP contribution < -0.4 is 5.32 Å². The molecule has 0 radical (unpaired) electrons. The molecule has 11 heteroatoms. The fourth-order valence-electron chi connectivity index (χ4n) is 3.94. The van der Waals surface area contributed by atoms with Crippen molar-refractivity contribution in [1.82, 2.24) is 20.0 Å². The van der Waals surface area contributed by atoms with E-state index >= 15 is 0 Å². The Kier molecular flexibility index (Phi) is 7.09. The number of alkyl halides is 3. The number of benzene rings is 2. The number of amides is 2. The molecule has 2 aromatic carbocycles. The van der Waals surface area contributed by atoms with Crippen LogP contribution in [0, 0.1) is 12.8 Å². The zero-order valence-electron chi connectivity index (χ0n) is 18.2. The van der Waals surface area contributed by atoms with Gasteiger partial charge < -0.3 is 10.2 Å². The molecule has 0 saturated carbocycles. The van der Waals surface area contributed by atoms with Crippen molar-refractivity contribution in [1.29, 1.82) is 0 Å². The zero-order chi connectivity index (χ0) is 24.5. The number of likely N-dealkylation sites (tertiary alicyclic amines) is 1. The van der Waals surface area contributed by atoms with E-state index in [-0.39, 0.29) is 35.9 Å². The zero-order valence-corrected chi connectivity index (χ0v) is 19.8. The van der Waals surface area contributed by atoms with Gasteiger partial charge in [0, 0.05) is 65.6 Å². The first-order valence-corrected chi connectivity index (χ1v) is 12.0. The molecule has 1 aliphatic heterocycles. The second-order valence-corrected chi connectivity index (χ2v) is 9.75. The van der Waals surface area contributed by atoms with Gasteiger partial charge in [-0.1, -0.05) is 11.6 Å². The fraction of sp³-hybridized carbons (Fsp3) is 0.348. The standard InChI is InChI=1S/C23H22ClF3N4O2S/c1-14-18(21(32)28-8-9-34-23(25,26)27)6-7-20-19(14)13-31(29-20)12-15-10-30(11-15)22(33)16-2-4-17(24)5-3-16/h2-7,13,15H,8-12H2,1H3,(H,28,32). The summed E-state index contributed by atoms with van der Waals surface area (Å²) >= 11 is 5.71. The molecule has 1 saturated heterocycles. The van der Waals surface area contributed by atoms with Crippen LogP contribution >= 0.6 is 23.4 Å². The quantitative estimate of drug-likeness (QED) is 0.466. The van der Waals surface area contributed by atoms with Crippen molar-refractivity contribution in [3.63, 3.8) is 0 Å². The first kappa shape index (κ1) is 24.4. The third-order valence-corrected chi connectivity index (χ3v) is 6.67. The molecule has 4 rings (SSSR count). The van der Waals surface area contributed by atoms with Crippen LogP contribution in [0.1, 0.15) is 26.3 Å². The highest BCUT2D eigenvalue weighted by molar-refractivity contribution is 8.00. The van der Waals surface area contributed by atoms with Crippen molar-refractivity contribution >= 4 is 46.1 Å². The number of aryl methyl sites for hydroxylation is 1. The van der Waals surface area contributed by atoms with Crippen molar-refractivity contribution in [2.24, 2.45) is 5.92 Å². The maximum Gasteiger partial charge on any atom is 0.441 e. The van der Waals surface area contributed by atoms with Gasteiger partial charge in [0.05, 0.1) is 5.52 Å². The summed E-state index contributed by atoms with van der Waals surface area (Å²) in [6.45, 7) is 3.60. The lowest BCUT2D eigenvalue weighted by Crippen LogP contribution is -2.51. The number of fused-ring (bicyclic) bond motifs is 1. The van der Waals surface area contributed by atoms with Gasteiger partial charge in [-0.2, -0.15) is 18.3 Å². The second-order valence-electron chi connectivity index (χ2n) is 8.16. The third-order valence-electron chi connectivity index (χ3n) is 5.68. The van der Waals surface area contributed by atoms with Crippen LogP contribution in [0.2, 0.25) is 5.02 Å². The lowest BCUT2D eigenvalue weighted by Gasteiger charge is -2.39. The Bertz CT molecular complexity index is 1210. The first-order chi connectivity index (χ1) is 16.1. The van der Waals surface area contributed by atoms with Crippen molar-refractivity contribution < 1.29 is 22.8 Å². The van der Waals surface area contributed by atoms with E-state index in [0.29, 0.717) is 35.8 Å². The Morgan fingerprint density at radius 2 is 1.88 bits per heavy atom. The van der Waals surface area contributed by atoms with E-state index in [1.165, 1.54) is 0 Å². The number of rotatable bonds is 7. The first-order valence-electron chi connectivity index (χ1n) is 10.6. The van der Waals surface area contributed by atoms with Gasteiger partial charge in [0.15, 0.2) is 0 Å². The highest BCUT2D eigenvalue weighted by atomic mass is 35.5. The largest absolute Gasteiger partial charge is 0.441 e. The van der Waals surface area contributed by atoms with Gasteiger partial charge in [0.1, 0.15) is 0 Å². The van der Waals surface area contributed by atoms with Crippen LogP contribution in [-0.4, -0.2) is 57.4 Å². The topological polar surface area (TPSA) is 67.2 Å². The van der Waals surface area contributed by atoms with Gasteiger partial charge in [-0.3, -0.25) is 14.3 Å². The Morgan fingerprint density at radius 1 is 1.18 bits per heavy atom. The van der Waals surface area contributed by atoms with Gasteiger partial charge >= 0.3 is 5.51 Å². The number of hydrogen-bond donors (Lipinski definition) is 1. The molecule has 180 valence electrons. The average Bonchev–Trinajstić information content (AvgIpc) is 3.17. The molecule has 0 atom stereocenters. The summed E-state index contributed by atoms with van der Waals surface area (Å²) in [5.74, 6) is -0.420. The molecule has 0 bridgehead atoms. The molecular formula is C23H22ClF3N4O2S. The maximum atomic E-state index is 12.5. The molecule has 1 fully saturated rings. The van der Waals surface area contributed by atoms with Crippen molar-refractivity contribution in [3.8, 4) is 0 Å². The van der Waals surface area contributed by atoms with E-state index in [0.717, 1.165) is 16.5 Å². The Labute approximate surface area is 203 Å². The number of halogens is 4. The molecule has 1 aliphatic rings. The van der Waals surface area contributed by atoms with E-state index in [1.807, 2.05) is 10.9 Å². The summed E-state index contributed by atoms with van der Waals surface area (Å²) < 4.78 is 38.5. The molecule has 2 heterocycles. The second kappa shape index (κ2) is 9.87. The van der Waals surface area contributed by atoms with E-state index in [2.05, 4.69) is 10.4 Å². The van der Waals surface area contributed by atoms with Crippen molar-refractivity contribution in [2.45, 2.75) is 19.0 Å². The normalized spacial score (nSPS) is 14.3. The summed E-state index contributed by atoms with van der Waals surface area (Å²) in [7, 11) is 0. The van der Waals surface area contributed by atoms with Crippen LogP contribution in [0.3, 0.4) is 0 Å². The summed E-state index contributed by atoms with van der Waals surface area (Å²) in [4.78, 5) is 26.7. The molecular weight excluding hydrogens is 489 g/mol. The number of thioether (sulfide) groups is 1. The fourth-order valence-corrected chi connectivity index (χ4v) is 4.50. The number of hydrogen-bond acceptors (Lipinski definition) is 4. The average molecular weight is 511 g/mol. The minimum absolute atomic E-state index is 0.0290. The van der Waals surface area contributed by atoms with Gasteiger partial charge in [0.25, 0.3) is 11.8 Å². The molecule has 1 aromatic heterocycles. The maximum absolute atomic E-state index is 12.5. The van der Waals surface area contributed by atoms with Crippen LogP contribution in [-0.2, 0) is 6.54 Å². The van der Waals surface area contributed by atoms with Crippen LogP contribution in [0.15, 0.2) is 42.6 Å². The van der Waals surface area contributed by atoms with Gasteiger partial charge in [0.2, 0.25) is 0 Å².